The maximum Gasteiger partial charge on any atom is 0.123 e. The van der Waals surface area contributed by atoms with Crippen LogP contribution < -0.4 is 5.73 Å². The zero-order chi connectivity index (χ0) is 13.6. The number of pyridine rings is 1. The van der Waals surface area contributed by atoms with Crippen LogP contribution in [0.3, 0.4) is 0 Å². The molecule has 0 aliphatic rings. The molecular weight excluding hydrogens is 416 g/mol. The van der Waals surface area contributed by atoms with Gasteiger partial charge in [0.05, 0.1) is 6.20 Å². The number of nitrogens with one attached hydrogen (secondary N) is 1. The van der Waals surface area contributed by atoms with Crippen molar-refractivity contribution >= 4 is 44.7 Å². The van der Waals surface area contributed by atoms with E-state index >= 15 is 0 Å². The molecule has 3 aromatic rings. The molecule has 2 heterocycles. The smallest absolute Gasteiger partial charge is 0.123 e. The SMILES string of the molecule is [NH-]c1cc(-c2ccccc2Cl)c(N)n2c(Br)cnc12.[Y]. The van der Waals surface area contributed by atoms with E-state index < -0.39 is 0 Å². The summed E-state index contributed by atoms with van der Waals surface area (Å²) < 4.78 is 2.41. The minimum absolute atomic E-state index is 0. The molecule has 3 rings (SSSR count). The van der Waals surface area contributed by atoms with Gasteiger partial charge < -0.3 is 11.5 Å². The van der Waals surface area contributed by atoms with Gasteiger partial charge in [-0.3, -0.25) is 4.40 Å². The predicted octanol–water partition coefficient (Wildman–Crippen LogP) is 4.68. The van der Waals surface area contributed by atoms with E-state index in [1.807, 2.05) is 18.2 Å². The van der Waals surface area contributed by atoms with Crippen LogP contribution in [0.2, 0.25) is 5.02 Å². The van der Waals surface area contributed by atoms with Gasteiger partial charge in [0.15, 0.2) is 0 Å². The fourth-order valence-electron chi connectivity index (χ4n) is 2.05. The number of imidazole rings is 1. The fourth-order valence-corrected chi connectivity index (χ4v) is 2.75. The molecule has 0 saturated heterocycles. The fraction of sp³-hybridized carbons (Fsp3) is 0. The Bertz CT molecular complexity index is 787. The normalized spacial score (nSPS) is 10.5. The van der Waals surface area contributed by atoms with Gasteiger partial charge in [-0.25, -0.2) is 4.98 Å². The molecule has 20 heavy (non-hydrogen) atoms. The number of nitrogen functional groups attached to an aromatic ring is 1. The third-order valence-electron chi connectivity index (χ3n) is 2.93. The van der Waals surface area contributed by atoms with Crippen LogP contribution in [0.4, 0.5) is 11.5 Å². The average Bonchev–Trinajstić information content (AvgIpc) is 2.78. The van der Waals surface area contributed by atoms with Gasteiger partial charge in [-0.1, -0.05) is 41.6 Å². The monoisotopic (exact) mass is 424 g/mol. The van der Waals surface area contributed by atoms with Gasteiger partial charge in [0.2, 0.25) is 0 Å². The molecule has 0 unspecified atom stereocenters. The van der Waals surface area contributed by atoms with Crippen LogP contribution in [-0.2, 0) is 32.7 Å². The van der Waals surface area contributed by atoms with Crippen molar-refractivity contribution in [2.45, 2.75) is 0 Å². The molecular formula is C13H9BrClN4Y-. The number of benzene rings is 1. The first kappa shape index (κ1) is 15.8. The summed E-state index contributed by atoms with van der Waals surface area (Å²) in [6.45, 7) is 0. The Balaban J connectivity index is 0.00000147. The summed E-state index contributed by atoms with van der Waals surface area (Å²) in [5.74, 6) is 0.503. The van der Waals surface area contributed by atoms with Crippen molar-refractivity contribution in [3.63, 3.8) is 0 Å². The van der Waals surface area contributed by atoms with Gasteiger partial charge >= 0.3 is 0 Å². The second kappa shape index (κ2) is 6.02. The van der Waals surface area contributed by atoms with Crippen molar-refractivity contribution in [1.82, 2.24) is 9.38 Å². The Morgan fingerprint density at radius 2 is 1.95 bits per heavy atom. The van der Waals surface area contributed by atoms with Gasteiger partial charge in [-0.05, 0) is 22.0 Å². The van der Waals surface area contributed by atoms with E-state index in [1.54, 1.807) is 22.7 Å². The van der Waals surface area contributed by atoms with Crippen LogP contribution in [0, 0.1) is 0 Å². The molecule has 0 amide bonds. The largest absolute Gasteiger partial charge is 0.696 e. The van der Waals surface area contributed by atoms with E-state index in [4.69, 9.17) is 23.1 Å². The number of rotatable bonds is 1. The summed E-state index contributed by atoms with van der Waals surface area (Å²) >= 11 is 9.58. The van der Waals surface area contributed by atoms with Gasteiger partial charge in [-0.2, -0.15) is 0 Å². The van der Waals surface area contributed by atoms with Crippen molar-refractivity contribution in [3.8, 4) is 11.1 Å². The first-order chi connectivity index (χ1) is 9.09. The van der Waals surface area contributed by atoms with E-state index in [-0.39, 0.29) is 32.7 Å². The van der Waals surface area contributed by atoms with Crippen molar-refractivity contribution in [2.24, 2.45) is 0 Å². The molecule has 0 fully saturated rings. The van der Waals surface area contributed by atoms with Crippen LogP contribution >= 0.6 is 27.5 Å². The molecule has 0 aliphatic heterocycles. The standard InChI is InChI=1S/C13H9BrClN4.Y/c14-11-6-18-13-10(16)5-8(12(17)19(11)13)7-3-1-2-4-9(7)15;/h1-6,16H,17H2;/q-1;. The van der Waals surface area contributed by atoms with Crippen LogP contribution in [0.15, 0.2) is 41.1 Å². The van der Waals surface area contributed by atoms with Gasteiger partial charge in [0.1, 0.15) is 16.1 Å². The maximum atomic E-state index is 8.03. The number of aromatic nitrogens is 2. The molecule has 2 aromatic heterocycles. The quantitative estimate of drug-likeness (QED) is 0.615. The number of anilines is 1. The van der Waals surface area contributed by atoms with Crippen molar-refractivity contribution in [1.29, 1.82) is 0 Å². The topological polar surface area (TPSA) is 67.1 Å². The van der Waals surface area contributed by atoms with E-state index in [9.17, 15) is 0 Å². The summed E-state index contributed by atoms with van der Waals surface area (Å²) in [7, 11) is 0. The molecule has 99 valence electrons. The average molecular weight is 426 g/mol. The second-order valence-corrected chi connectivity index (χ2v) is 5.30. The minimum atomic E-state index is 0. The molecule has 1 radical (unpaired) electrons. The molecule has 0 spiro atoms. The first-order valence-electron chi connectivity index (χ1n) is 5.51. The van der Waals surface area contributed by atoms with Crippen molar-refractivity contribution in [3.05, 3.63) is 51.9 Å². The Hall–Kier alpha value is -0.616. The molecule has 7 heteroatoms. The van der Waals surface area contributed by atoms with E-state index in [2.05, 4.69) is 20.9 Å². The van der Waals surface area contributed by atoms with Gasteiger partial charge in [0, 0.05) is 48.9 Å². The molecule has 3 N–H and O–H groups in total. The summed E-state index contributed by atoms with van der Waals surface area (Å²) in [5, 5.41) is 0.601. The van der Waals surface area contributed by atoms with Crippen molar-refractivity contribution < 1.29 is 32.7 Å². The Morgan fingerprint density at radius 3 is 2.65 bits per heavy atom. The number of hydrogen-bond donors (Lipinski definition) is 1. The summed E-state index contributed by atoms with van der Waals surface area (Å²) in [6.07, 6.45) is 1.63. The number of nitrogens with two attached hydrogens (primary N) is 1. The third-order valence-corrected chi connectivity index (χ3v) is 3.82. The number of nitrogens with zero attached hydrogens (tertiary/aromatic N) is 2. The third kappa shape index (κ3) is 2.48. The number of fused-ring (bicyclic) bond motifs is 1. The maximum absolute atomic E-state index is 8.03. The molecule has 0 atom stereocenters. The Kier molecular flexibility index (Phi) is 4.74. The summed E-state index contributed by atoms with van der Waals surface area (Å²) in [6, 6.07) is 9.11. The summed E-state index contributed by atoms with van der Waals surface area (Å²) in [5.41, 5.74) is 16.6. The Labute approximate surface area is 154 Å². The summed E-state index contributed by atoms with van der Waals surface area (Å²) in [4.78, 5) is 4.15. The van der Waals surface area contributed by atoms with E-state index in [0.717, 1.165) is 11.1 Å². The molecule has 4 nitrogen and oxygen atoms in total. The van der Waals surface area contributed by atoms with Gasteiger partial charge in [0.25, 0.3) is 0 Å². The van der Waals surface area contributed by atoms with Crippen molar-refractivity contribution in [2.75, 3.05) is 5.73 Å². The van der Waals surface area contributed by atoms with E-state index in [0.29, 0.717) is 26.8 Å². The molecule has 0 aliphatic carbocycles. The molecule has 0 bridgehead atoms. The second-order valence-electron chi connectivity index (χ2n) is 4.08. The van der Waals surface area contributed by atoms with Crippen LogP contribution in [0.5, 0.6) is 0 Å². The number of hydrogen-bond acceptors (Lipinski definition) is 2. The number of halogens is 2. The zero-order valence-electron chi connectivity index (χ0n) is 10.3. The van der Waals surface area contributed by atoms with E-state index in [1.165, 1.54) is 0 Å². The Morgan fingerprint density at radius 1 is 1.25 bits per heavy atom. The predicted molar refractivity (Wildman–Crippen MR) is 81.7 cm³/mol. The van der Waals surface area contributed by atoms with Crippen LogP contribution in [-0.4, -0.2) is 9.38 Å². The zero-order valence-corrected chi connectivity index (χ0v) is 15.4. The molecule has 0 saturated carbocycles. The van der Waals surface area contributed by atoms with Gasteiger partial charge in [-0.15, -0.1) is 0 Å². The minimum Gasteiger partial charge on any atom is -0.696 e. The van der Waals surface area contributed by atoms with Crippen LogP contribution in [0.25, 0.3) is 22.5 Å². The molecule has 1 aromatic carbocycles. The first-order valence-corrected chi connectivity index (χ1v) is 6.68. The van der Waals surface area contributed by atoms with Crippen LogP contribution in [0.1, 0.15) is 0 Å².